The summed E-state index contributed by atoms with van der Waals surface area (Å²) in [6.07, 6.45) is 0.665. The number of carbonyl (C=O) groups is 2. The van der Waals surface area contributed by atoms with E-state index < -0.39 is 12.0 Å². The van der Waals surface area contributed by atoms with Gasteiger partial charge in [-0.2, -0.15) is 0 Å². The highest BCUT2D eigenvalue weighted by Gasteiger charge is 2.23. The zero-order valence-electron chi connectivity index (χ0n) is 10.3. The van der Waals surface area contributed by atoms with Crippen molar-refractivity contribution < 1.29 is 14.7 Å². The second-order valence-electron chi connectivity index (χ2n) is 4.14. The lowest BCUT2D eigenvalue weighted by atomic mass is 10.0. The Kier molecular flexibility index (Phi) is 5.16. The number of carbonyl (C=O) groups excluding carboxylic acids is 1. The van der Waals surface area contributed by atoms with Crippen molar-refractivity contribution in [2.75, 3.05) is 0 Å². The largest absolute Gasteiger partial charge is 0.479 e. The maximum atomic E-state index is 11.7. The molecule has 0 aliphatic heterocycles. The van der Waals surface area contributed by atoms with Crippen LogP contribution in [-0.2, 0) is 9.59 Å². The molecule has 0 bridgehead atoms. The van der Waals surface area contributed by atoms with Gasteiger partial charge in [-0.1, -0.05) is 37.6 Å². The first-order valence-electron chi connectivity index (χ1n) is 5.74. The van der Waals surface area contributed by atoms with Crippen molar-refractivity contribution in [1.29, 1.82) is 0 Å². The minimum absolute atomic E-state index is 0.209. The molecule has 98 valence electrons. The summed E-state index contributed by atoms with van der Waals surface area (Å²) in [7, 11) is 0. The number of carboxylic acids is 1. The van der Waals surface area contributed by atoms with Crippen molar-refractivity contribution in [1.82, 2.24) is 5.32 Å². The Morgan fingerprint density at radius 2 is 1.89 bits per heavy atom. The van der Waals surface area contributed by atoms with E-state index in [1.54, 1.807) is 31.2 Å². The third-order valence-electron chi connectivity index (χ3n) is 2.80. The molecule has 2 unspecified atom stereocenters. The first-order valence-corrected chi connectivity index (χ1v) is 6.12. The number of aliphatic carboxylic acids is 1. The average Bonchev–Trinajstić information content (AvgIpc) is 2.35. The molecule has 1 aromatic carbocycles. The van der Waals surface area contributed by atoms with E-state index in [1.807, 2.05) is 6.92 Å². The Labute approximate surface area is 111 Å². The molecule has 1 amide bonds. The molecule has 0 fully saturated rings. The first-order chi connectivity index (χ1) is 8.45. The molecule has 5 heteroatoms. The van der Waals surface area contributed by atoms with Crippen LogP contribution in [-0.4, -0.2) is 17.0 Å². The summed E-state index contributed by atoms with van der Waals surface area (Å²) in [5.41, 5.74) is 0.503. The minimum atomic E-state index is -1.09. The van der Waals surface area contributed by atoms with Gasteiger partial charge in [-0.05, 0) is 24.1 Å². The molecule has 1 rings (SSSR count). The number of hydrogen-bond acceptors (Lipinski definition) is 2. The monoisotopic (exact) mass is 269 g/mol. The molecule has 0 radical (unpaired) electrons. The van der Waals surface area contributed by atoms with Crippen molar-refractivity contribution in [3.05, 3.63) is 34.9 Å². The second-order valence-corrected chi connectivity index (χ2v) is 4.58. The predicted molar refractivity (Wildman–Crippen MR) is 69.4 cm³/mol. The molecule has 0 aliphatic rings. The summed E-state index contributed by atoms with van der Waals surface area (Å²) >= 11 is 5.74. The Balaban J connectivity index is 2.87. The fraction of sp³-hybridized carbons (Fsp3) is 0.385. The molecule has 0 saturated heterocycles. The van der Waals surface area contributed by atoms with E-state index in [0.717, 1.165) is 0 Å². The molecule has 0 heterocycles. The van der Waals surface area contributed by atoms with Gasteiger partial charge in [0.05, 0.1) is 0 Å². The molecule has 0 saturated carbocycles. The molecule has 18 heavy (non-hydrogen) atoms. The number of rotatable bonds is 5. The first kappa shape index (κ1) is 14.5. The van der Waals surface area contributed by atoms with Gasteiger partial charge in [0.15, 0.2) is 6.04 Å². The molecular formula is C13H16ClNO3. The van der Waals surface area contributed by atoms with Gasteiger partial charge in [0, 0.05) is 10.9 Å². The number of benzene rings is 1. The van der Waals surface area contributed by atoms with Gasteiger partial charge in [0.2, 0.25) is 5.91 Å². The van der Waals surface area contributed by atoms with Gasteiger partial charge < -0.3 is 10.4 Å². The highest BCUT2D eigenvalue weighted by molar-refractivity contribution is 6.30. The molecule has 4 nitrogen and oxygen atoms in total. The van der Waals surface area contributed by atoms with Crippen LogP contribution < -0.4 is 5.32 Å². The van der Waals surface area contributed by atoms with Crippen LogP contribution in [0.3, 0.4) is 0 Å². The number of carboxylic acid groups (broad SMARTS) is 1. The standard InChI is InChI=1S/C13H16ClNO3/c1-3-8(2)12(16)15-11(13(17)18)9-4-6-10(14)7-5-9/h4-8,11H,3H2,1-2H3,(H,15,16)(H,17,18). The number of halogens is 1. The van der Waals surface area contributed by atoms with Crippen LogP contribution in [0, 0.1) is 5.92 Å². The SMILES string of the molecule is CCC(C)C(=O)NC(C(=O)O)c1ccc(Cl)cc1. The van der Waals surface area contributed by atoms with E-state index >= 15 is 0 Å². The third-order valence-corrected chi connectivity index (χ3v) is 3.05. The Bertz CT molecular complexity index is 430. The molecule has 2 N–H and O–H groups in total. The van der Waals surface area contributed by atoms with Gasteiger partial charge in [-0.15, -0.1) is 0 Å². The normalized spacial score (nSPS) is 13.7. The molecule has 1 aromatic rings. The lowest BCUT2D eigenvalue weighted by Crippen LogP contribution is -2.36. The van der Waals surface area contributed by atoms with E-state index in [0.29, 0.717) is 17.0 Å². The van der Waals surface area contributed by atoms with Crippen LogP contribution in [0.1, 0.15) is 31.9 Å². The van der Waals surface area contributed by atoms with E-state index in [2.05, 4.69) is 5.32 Å². The Morgan fingerprint density at radius 3 is 2.33 bits per heavy atom. The predicted octanol–water partition coefficient (Wildman–Crippen LogP) is 2.63. The van der Waals surface area contributed by atoms with Crippen LogP contribution in [0.4, 0.5) is 0 Å². The fourth-order valence-corrected chi connectivity index (χ4v) is 1.54. The highest BCUT2D eigenvalue weighted by Crippen LogP contribution is 2.17. The average molecular weight is 270 g/mol. The quantitative estimate of drug-likeness (QED) is 0.863. The van der Waals surface area contributed by atoms with Crippen LogP contribution in [0.15, 0.2) is 24.3 Å². The zero-order chi connectivity index (χ0) is 13.7. The Hall–Kier alpha value is -1.55. The summed E-state index contributed by atoms with van der Waals surface area (Å²) in [5.74, 6) is -1.56. The van der Waals surface area contributed by atoms with E-state index in [4.69, 9.17) is 16.7 Å². The Morgan fingerprint density at radius 1 is 1.33 bits per heavy atom. The molecule has 0 aliphatic carbocycles. The summed E-state index contributed by atoms with van der Waals surface area (Å²) in [5, 5.41) is 12.2. The second kappa shape index (κ2) is 6.40. The van der Waals surface area contributed by atoms with Crippen LogP contribution in [0.25, 0.3) is 0 Å². The van der Waals surface area contributed by atoms with Gasteiger partial charge >= 0.3 is 5.97 Å². The molecule has 0 spiro atoms. The highest BCUT2D eigenvalue weighted by atomic mass is 35.5. The number of nitrogens with one attached hydrogen (secondary N) is 1. The van der Waals surface area contributed by atoms with E-state index in [-0.39, 0.29) is 11.8 Å². The van der Waals surface area contributed by atoms with Crippen molar-refractivity contribution in [3.63, 3.8) is 0 Å². The van der Waals surface area contributed by atoms with Crippen molar-refractivity contribution in [2.24, 2.45) is 5.92 Å². The fourth-order valence-electron chi connectivity index (χ4n) is 1.41. The molecule has 0 aromatic heterocycles. The van der Waals surface area contributed by atoms with Crippen LogP contribution >= 0.6 is 11.6 Å². The maximum absolute atomic E-state index is 11.7. The van der Waals surface area contributed by atoms with Crippen LogP contribution in [0.2, 0.25) is 5.02 Å². The van der Waals surface area contributed by atoms with Crippen molar-refractivity contribution in [3.8, 4) is 0 Å². The maximum Gasteiger partial charge on any atom is 0.330 e. The molecular weight excluding hydrogens is 254 g/mol. The van der Waals surface area contributed by atoms with Crippen molar-refractivity contribution >= 4 is 23.5 Å². The lowest BCUT2D eigenvalue weighted by molar-refractivity contribution is -0.142. The summed E-state index contributed by atoms with van der Waals surface area (Å²) in [6, 6.07) is 5.35. The number of amides is 1. The van der Waals surface area contributed by atoms with Gasteiger partial charge in [-0.3, -0.25) is 4.79 Å². The zero-order valence-corrected chi connectivity index (χ0v) is 11.1. The summed E-state index contributed by atoms with van der Waals surface area (Å²) < 4.78 is 0. The third kappa shape index (κ3) is 3.74. The van der Waals surface area contributed by atoms with E-state index in [1.165, 1.54) is 0 Å². The summed E-state index contributed by atoms with van der Waals surface area (Å²) in [4.78, 5) is 22.9. The van der Waals surface area contributed by atoms with Gasteiger partial charge in [-0.25, -0.2) is 4.79 Å². The van der Waals surface area contributed by atoms with Gasteiger partial charge in [0.25, 0.3) is 0 Å². The van der Waals surface area contributed by atoms with Crippen LogP contribution in [0.5, 0.6) is 0 Å². The summed E-state index contributed by atoms with van der Waals surface area (Å²) in [6.45, 7) is 3.64. The lowest BCUT2D eigenvalue weighted by Gasteiger charge is -2.17. The number of hydrogen-bond donors (Lipinski definition) is 2. The molecule has 2 atom stereocenters. The van der Waals surface area contributed by atoms with Gasteiger partial charge in [0.1, 0.15) is 0 Å². The van der Waals surface area contributed by atoms with E-state index in [9.17, 15) is 9.59 Å². The topological polar surface area (TPSA) is 66.4 Å². The van der Waals surface area contributed by atoms with Crippen molar-refractivity contribution in [2.45, 2.75) is 26.3 Å². The minimum Gasteiger partial charge on any atom is -0.479 e. The smallest absolute Gasteiger partial charge is 0.330 e.